The number of anilines is 2. The zero-order valence-corrected chi connectivity index (χ0v) is 20.2. The molecule has 0 aliphatic rings. The Morgan fingerprint density at radius 1 is 0.865 bits per heavy atom. The molecule has 1 unspecified atom stereocenters. The van der Waals surface area contributed by atoms with Gasteiger partial charge in [0, 0.05) is 17.4 Å². The summed E-state index contributed by atoms with van der Waals surface area (Å²) in [5.41, 5.74) is 4.10. The smallest absolute Gasteiger partial charge is 0.256 e. The third-order valence-corrected chi connectivity index (χ3v) is 6.37. The second kappa shape index (κ2) is 9.54. The zero-order chi connectivity index (χ0) is 25.2. The first-order chi connectivity index (χ1) is 18.2. The highest BCUT2D eigenvalue weighted by molar-refractivity contribution is 6.13. The van der Waals surface area contributed by atoms with E-state index in [4.69, 9.17) is 4.98 Å². The van der Waals surface area contributed by atoms with Crippen molar-refractivity contribution in [3.05, 3.63) is 121 Å². The Balaban J connectivity index is 1.24. The lowest BCUT2D eigenvalue weighted by molar-refractivity contribution is 0.102. The van der Waals surface area contributed by atoms with E-state index in [0.29, 0.717) is 23.0 Å². The molecule has 0 bridgehead atoms. The fraction of sp³-hybridized carbons (Fsp3) is 0.0667. The maximum Gasteiger partial charge on any atom is 0.256 e. The SMILES string of the molecule is CC(Nc1nccc(-n2cnc3cc(NC(=O)c4cccc5ccccc45)ccc32)n1)c1ccccc1. The zero-order valence-electron chi connectivity index (χ0n) is 20.2. The summed E-state index contributed by atoms with van der Waals surface area (Å²) in [5, 5.41) is 8.33. The van der Waals surface area contributed by atoms with Crippen LogP contribution in [0.2, 0.25) is 0 Å². The second-order valence-corrected chi connectivity index (χ2v) is 8.81. The van der Waals surface area contributed by atoms with E-state index in [-0.39, 0.29) is 11.9 Å². The number of nitrogens with zero attached hydrogens (tertiary/aromatic N) is 4. The lowest BCUT2D eigenvalue weighted by atomic mass is 10.0. The van der Waals surface area contributed by atoms with E-state index in [2.05, 4.69) is 39.7 Å². The predicted octanol–water partition coefficient (Wildman–Crippen LogP) is 6.39. The molecule has 6 rings (SSSR count). The van der Waals surface area contributed by atoms with Gasteiger partial charge in [0.15, 0.2) is 0 Å². The Morgan fingerprint density at radius 3 is 2.57 bits per heavy atom. The highest BCUT2D eigenvalue weighted by Gasteiger charge is 2.13. The number of carbonyl (C=O) groups is 1. The van der Waals surface area contributed by atoms with Gasteiger partial charge in [0.1, 0.15) is 12.1 Å². The number of hydrogen-bond donors (Lipinski definition) is 2. The van der Waals surface area contributed by atoms with E-state index in [1.165, 1.54) is 0 Å². The topological polar surface area (TPSA) is 84.7 Å². The first kappa shape index (κ1) is 22.4. The van der Waals surface area contributed by atoms with Crippen molar-refractivity contribution in [2.24, 2.45) is 0 Å². The van der Waals surface area contributed by atoms with Gasteiger partial charge in [-0.25, -0.2) is 9.97 Å². The standard InChI is InChI=1S/C30H24N6O/c1-20(21-8-3-2-4-9-21)33-30-31-17-16-28(35-30)36-19-32-26-18-23(14-15-27(26)36)34-29(37)25-13-7-11-22-10-5-6-12-24(22)25/h2-20H,1H3,(H,34,37)(H,31,33,35). The molecule has 7 heteroatoms. The minimum atomic E-state index is -0.158. The molecule has 0 saturated heterocycles. The molecule has 0 radical (unpaired) electrons. The predicted molar refractivity (Wildman–Crippen MR) is 147 cm³/mol. The maximum absolute atomic E-state index is 13.1. The van der Waals surface area contributed by atoms with E-state index in [0.717, 1.165) is 27.4 Å². The molecule has 2 aromatic heterocycles. The van der Waals surface area contributed by atoms with Crippen molar-refractivity contribution in [2.45, 2.75) is 13.0 Å². The molecule has 0 spiro atoms. The van der Waals surface area contributed by atoms with E-state index in [1.807, 2.05) is 89.5 Å². The highest BCUT2D eigenvalue weighted by atomic mass is 16.1. The Hall–Kier alpha value is -5.04. The molecular formula is C30H24N6O. The quantitative estimate of drug-likeness (QED) is 0.286. The van der Waals surface area contributed by atoms with E-state index in [9.17, 15) is 4.79 Å². The van der Waals surface area contributed by atoms with Crippen LogP contribution in [0.4, 0.5) is 11.6 Å². The Kier molecular flexibility index (Phi) is 5.78. The number of rotatable bonds is 6. The summed E-state index contributed by atoms with van der Waals surface area (Å²) in [6.07, 6.45) is 3.46. The molecule has 2 N–H and O–H groups in total. The van der Waals surface area contributed by atoms with E-state index < -0.39 is 0 Å². The van der Waals surface area contributed by atoms with Gasteiger partial charge in [-0.2, -0.15) is 4.98 Å². The van der Waals surface area contributed by atoms with Gasteiger partial charge in [0.2, 0.25) is 5.95 Å². The number of carbonyl (C=O) groups excluding carboxylic acids is 1. The van der Waals surface area contributed by atoms with Crippen LogP contribution in [0.3, 0.4) is 0 Å². The van der Waals surface area contributed by atoms with Crippen molar-refractivity contribution >= 4 is 39.3 Å². The highest BCUT2D eigenvalue weighted by Crippen LogP contribution is 2.24. The minimum absolute atomic E-state index is 0.0592. The lowest BCUT2D eigenvalue weighted by Gasteiger charge is -2.14. The molecule has 6 aromatic rings. The van der Waals surface area contributed by atoms with Gasteiger partial charge in [-0.15, -0.1) is 0 Å². The summed E-state index contributed by atoms with van der Waals surface area (Å²) in [4.78, 5) is 26.7. The molecule has 1 atom stereocenters. The Bertz CT molecular complexity index is 1720. The summed E-state index contributed by atoms with van der Waals surface area (Å²) in [7, 11) is 0. The number of nitrogens with one attached hydrogen (secondary N) is 2. The summed E-state index contributed by atoms with van der Waals surface area (Å²) in [6.45, 7) is 2.08. The fourth-order valence-corrected chi connectivity index (χ4v) is 4.47. The Labute approximate surface area is 213 Å². The van der Waals surface area contributed by atoms with Crippen LogP contribution in [0, 0.1) is 0 Å². The number of benzene rings is 4. The van der Waals surface area contributed by atoms with Crippen molar-refractivity contribution < 1.29 is 4.79 Å². The van der Waals surface area contributed by atoms with Gasteiger partial charge in [-0.05, 0) is 53.6 Å². The molecule has 0 aliphatic carbocycles. The second-order valence-electron chi connectivity index (χ2n) is 8.81. The van der Waals surface area contributed by atoms with Crippen molar-refractivity contribution in [1.82, 2.24) is 19.5 Å². The van der Waals surface area contributed by atoms with Crippen LogP contribution in [0.25, 0.3) is 27.6 Å². The molecule has 4 aromatic carbocycles. The van der Waals surface area contributed by atoms with Crippen molar-refractivity contribution in [1.29, 1.82) is 0 Å². The minimum Gasteiger partial charge on any atom is -0.348 e. The molecule has 7 nitrogen and oxygen atoms in total. The number of hydrogen-bond acceptors (Lipinski definition) is 5. The van der Waals surface area contributed by atoms with E-state index >= 15 is 0 Å². The average Bonchev–Trinajstić information content (AvgIpc) is 3.36. The number of imidazole rings is 1. The van der Waals surface area contributed by atoms with Gasteiger partial charge in [-0.3, -0.25) is 9.36 Å². The number of aromatic nitrogens is 4. The van der Waals surface area contributed by atoms with Crippen LogP contribution in [0.1, 0.15) is 28.9 Å². The van der Waals surface area contributed by atoms with Gasteiger partial charge in [0.05, 0.1) is 17.1 Å². The van der Waals surface area contributed by atoms with Crippen molar-refractivity contribution in [3.8, 4) is 5.82 Å². The molecule has 1 amide bonds. The van der Waals surface area contributed by atoms with Gasteiger partial charge >= 0.3 is 0 Å². The van der Waals surface area contributed by atoms with E-state index in [1.54, 1.807) is 12.5 Å². The first-order valence-corrected chi connectivity index (χ1v) is 12.1. The molecule has 0 aliphatic heterocycles. The fourth-order valence-electron chi connectivity index (χ4n) is 4.47. The summed E-state index contributed by atoms with van der Waals surface area (Å²) < 4.78 is 1.91. The first-order valence-electron chi connectivity index (χ1n) is 12.1. The van der Waals surface area contributed by atoms with Gasteiger partial charge in [-0.1, -0.05) is 66.7 Å². The van der Waals surface area contributed by atoms with Crippen molar-refractivity contribution in [3.63, 3.8) is 0 Å². The summed E-state index contributed by atoms with van der Waals surface area (Å²) in [6, 6.07) is 31.4. The molecule has 0 fully saturated rings. The average molecular weight is 485 g/mol. The number of fused-ring (bicyclic) bond motifs is 2. The normalized spacial score (nSPS) is 11.9. The summed E-state index contributed by atoms with van der Waals surface area (Å²) in [5.74, 6) is 1.08. The van der Waals surface area contributed by atoms with Crippen molar-refractivity contribution in [2.75, 3.05) is 10.6 Å². The number of amides is 1. The van der Waals surface area contributed by atoms with Crippen LogP contribution < -0.4 is 10.6 Å². The van der Waals surface area contributed by atoms with Crippen LogP contribution >= 0.6 is 0 Å². The van der Waals surface area contributed by atoms with Gasteiger partial charge in [0.25, 0.3) is 5.91 Å². The van der Waals surface area contributed by atoms with Crippen LogP contribution in [-0.4, -0.2) is 25.4 Å². The van der Waals surface area contributed by atoms with Crippen LogP contribution in [0.5, 0.6) is 0 Å². The van der Waals surface area contributed by atoms with Crippen LogP contribution in [0.15, 0.2) is 110 Å². The molecule has 37 heavy (non-hydrogen) atoms. The lowest BCUT2D eigenvalue weighted by Crippen LogP contribution is -2.12. The largest absolute Gasteiger partial charge is 0.348 e. The third-order valence-electron chi connectivity index (χ3n) is 6.37. The molecule has 2 heterocycles. The Morgan fingerprint density at radius 2 is 1.68 bits per heavy atom. The molecule has 180 valence electrons. The van der Waals surface area contributed by atoms with Gasteiger partial charge < -0.3 is 10.6 Å². The molecular weight excluding hydrogens is 460 g/mol. The summed E-state index contributed by atoms with van der Waals surface area (Å²) >= 11 is 0. The maximum atomic E-state index is 13.1. The van der Waals surface area contributed by atoms with Crippen LogP contribution in [-0.2, 0) is 0 Å². The monoisotopic (exact) mass is 484 g/mol. The third kappa shape index (κ3) is 4.50. The molecule has 0 saturated carbocycles.